The summed E-state index contributed by atoms with van der Waals surface area (Å²) < 4.78 is 5.27. The number of alkyl carbamates (subject to hydrolysis) is 1. The van der Waals surface area contributed by atoms with Gasteiger partial charge in [0, 0.05) is 11.4 Å². The number of hydrogen-bond donors (Lipinski definition) is 1. The fraction of sp³-hybridized carbons (Fsp3) is 0.933. The highest BCUT2D eigenvalue weighted by Gasteiger charge is 2.51. The van der Waals surface area contributed by atoms with Crippen molar-refractivity contribution in [2.45, 2.75) is 56.9 Å². The number of ether oxygens (including phenoxy) is 1. The number of unbranched alkanes of at least 4 members (excludes halogenated alkanes) is 1. The van der Waals surface area contributed by atoms with Gasteiger partial charge in [-0.1, -0.05) is 0 Å². The lowest BCUT2D eigenvalue weighted by Gasteiger charge is -2.56. The zero-order valence-electron chi connectivity index (χ0n) is 11.5. The summed E-state index contributed by atoms with van der Waals surface area (Å²) in [5.74, 6) is 3.19. The van der Waals surface area contributed by atoms with Gasteiger partial charge in [-0.25, -0.2) is 4.79 Å². The van der Waals surface area contributed by atoms with Crippen molar-refractivity contribution in [3.63, 3.8) is 0 Å². The van der Waals surface area contributed by atoms with Crippen LogP contribution in [0.2, 0.25) is 0 Å². The molecule has 4 heteroatoms. The van der Waals surface area contributed by atoms with Crippen molar-refractivity contribution in [2.24, 2.45) is 17.8 Å². The van der Waals surface area contributed by atoms with E-state index in [4.69, 9.17) is 16.3 Å². The fourth-order valence-corrected chi connectivity index (χ4v) is 5.07. The van der Waals surface area contributed by atoms with Crippen molar-refractivity contribution in [1.82, 2.24) is 5.32 Å². The standard InChI is InChI=1S/C15H24ClNO2/c16-3-1-2-4-19-14(18)17-15-8-11-5-12(9-15)7-13(6-11)10-15/h11-13H,1-10H2,(H,17,18). The molecule has 1 amide bonds. The molecule has 0 aliphatic heterocycles. The van der Waals surface area contributed by atoms with Crippen LogP contribution in [0, 0.1) is 17.8 Å². The van der Waals surface area contributed by atoms with Crippen LogP contribution in [0.15, 0.2) is 0 Å². The number of alkyl halides is 1. The lowest BCUT2D eigenvalue weighted by Crippen LogP contribution is -2.59. The largest absolute Gasteiger partial charge is 0.450 e. The molecular weight excluding hydrogens is 262 g/mol. The van der Waals surface area contributed by atoms with Crippen molar-refractivity contribution in [3.05, 3.63) is 0 Å². The molecule has 0 radical (unpaired) electrons. The van der Waals surface area contributed by atoms with Crippen molar-refractivity contribution < 1.29 is 9.53 Å². The highest BCUT2D eigenvalue weighted by molar-refractivity contribution is 6.17. The monoisotopic (exact) mass is 285 g/mol. The minimum atomic E-state index is -0.212. The predicted octanol–water partition coefficient (Wildman–Crippen LogP) is 3.70. The van der Waals surface area contributed by atoms with Gasteiger partial charge in [-0.2, -0.15) is 0 Å². The molecule has 0 heterocycles. The molecular formula is C15H24ClNO2. The third kappa shape index (κ3) is 3.01. The number of nitrogens with one attached hydrogen (secondary N) is 1. The van der Waals surface area contributed by atoms with Gasteiger partial charge in [0.15, 0.2) is 0 Å². The van der Waals surface area contributed by atoms with Crippen LogP contribution in [0.25, 0.3) is 0 Å². The van der Waals surface area contributed by atoms with Crippen molar-refractivity contribution in [1.29, 1.82) is 0 Å². The van der Waals surface area contributed by atoms with Crippen LogP contribution in [0.5, 0.6) is 0 Å². The van der Waals surface area contributed by atoms with Crippen molar-refractivity contribution >= 4 is 17.7 Å². The first-order chi connectivity index (χ1) is 9.19. The van der Waals surface area contributed by atoms with Crippen molar-refractivity contribution in [2.75, 3.05) is 12.5 Å². The van der Waals surface area contributed by atoms with Crippen LogP contribution < -0.4 is 5.32 Å². The van der Waals surface area contributed by atoms with E-state index in [9.17, 15) is 4.79 Å². The summed E-state index contributed by atoms with van der Waals surface area (Å²) in [5, 5.41) is 3.21. The highest BCUT2D eigenvalue weighted by Crippen LogP contribution is 2.55. The maximum absolute atomic E-state index is 11.9. The van der Waals surface area contributed by atoms with Crippen LogP contribution in [-0.2, 0) is 4.74 Å². The Bertz CT molecular complexity index is 310. The minimum Gasteiger partial charge on any atom is -0.450 e. The van der Waals surface area contributed by atoms with Gasteiger partial charge in [-0.3, -0.25) is 0 Å². The normalized spacial score (nSPS) is 39.3. The number of carbonyl (C=O) groups is 1. The Hall–Kier alpha value is -0.440. The quantitative estimate of drug-likeness (QED) is 0.618. The van der Waals surface area contributed by atoms with E-state index in [0.29, 0.717) is 12.5 Å². The average Bonchev–Trinajstić information content (AvgIpc) is 2.32. The van der Waals surface area contributed by atoms with Crippen LogP contribution >= 0.6 is 11.6 Å². The van der Waals surface area contributed by atoms with E-state index in [1.807, 2.05) is 0 Å². The topological polar surface area (TPSA) is 38.3 Å². The number of amides is 1. The number of carbonyl (C=O) groups excluding carboxylic acids is 1. The summed E-state index contributed by atoms with van der Waals surface area (Å²) in [6.07, 6.45) is 9.27. The molecule has 4 rings (SSSR count). The molecule has 19 heavy (non-hydrogen) atoms. The zero-order chi connectivity index (χ0) is 13.3. The molecule has 0 aromatic heterocycles. The number of halogens is 1. The summed E-state index contributed by atoms with van der Waals surface area (Å²) in [7, 11) is 0. The summed E-state index contributed by atoms with van der Waals surface area (Å²) >= 11 is 5.61. The second-order valence-electron chi connectivity index (χ2n) is 6.85. The third-order valence-corrected chi connectivity index (χ3v) is 5.43. The molecule has 3 nitrogen and oxygen atoms in total. The Morgan fingerprint density at radius 3 is 2.21 bits per heavy atom. The van der Waals surface area contributed by atoms with Gasteiger partial charge in [0.1, 0.15) is 0 Å². The van der Waals surface area contributed by atoms with E-state index in [1.54, 1.807) is 0 Å². The van der Waals surface area contributed by atoms with Gasteiger partial charge >= 0.3 is 6.09 Å². The molecule has 4 saturated carbocycles. The van der Waals surface area contributed by atoms with E-state index in [0.717, 1.165) is 30.6 Å². The maximum atomic E-state index is 11.9. The molecule has 1 N–H and O–H groups in total. The molecule has 0 saturated heterocycles. The fourth-order valence-electron chi connectivity index (χ4n) is 4.88. The Balaban J connectivity index is 1.50. The molecule has 108 valence electrons. The Kier molecular flexibility index (Phi) is 3.93. The molecule has 0 aromatic rings. The first-order valence-electron chi connectivity index (χ1n) is 7.70. The van der Waals surface area contributed by atoms with Crippen molar-refractivity contribution in [3.8, 4) is 0 Å². The van der Waals surface area contributed by atoms with Crippen LogP contribution in [-0.4, -0.2) is 24.1 Å². The van der Waals surface area contributed by atoms with Gasteiger partial charge < -0.3 is 10.1 Å². The third-order valence-electron chi connectivity index (χ3n) is 5.17. The van der Waals surface area contributed by atoms with Gasteiger partial charge in [0.05, 0.1) is 6.61 Å². The lowest BCUT2D eigenvalue weighted by molar-refractivity contribution is -0.0191. The van der Waals surface area contributed by atoms with Gasteiger partial charge in [-0.05, 0) is 69.1 Å². The van der Waals surface area contributed by atoms with E-state index >= 15 is 0 Å². The minimum absolute atomic E-state index is 0.0678. The number of rotatable bonds is 5. The van der Waals surface area contributed by atoms with Gasteiger partial charge in [-0.15, -0.1) is 11.6 Å². The predicted molar refractivity (Wildman–Crippen MR) is 75.3 cm³/mol. The first-order valence-corrected chi connectivity index (χ1v) is 8.23. The van der Waals surface area contributed by atoms with E-state index < -0.39 is 0 Å². The second-order valence-corrected chi connectivity index (χ2v) is 7.23. The van der Waals surface area contributed by atoms with Crippen LogP contribution in [0.3, 0.4) is 0 Å². The van der Waals surface area contributed by atoms with Gasteiger partial charge in [0.2, 0.25) is 0 Å². The van der Waals surface area contributed by atoms with E-state index in [2.05, 4.69) is 5.32 Å². The van der Waals surface area contributed by atoms with Crippen LogP contribution in [0.4, 0.5) is 4.79 Å². The molecule has 0 unspecified atom stereocenters. The SMILES string of the molecule is O=C(NC12CC3CC(CC(C3)C1)C2)OCCCCCl. The molecule has 4 aliphatic rings. The molecule has 4 bridgehead atoms. The Labute approximate surface area is 120 Å². The molecule has 4 fully saturated rings. The van der Waals surface area contributed by atoms with Crippen LogP contribution in [0.1, 0.15) is 51.4 Å². The average molecular weight is 286 g/mol. The number of hydrogen-bond acceptors (Lipinski definition) is 2. The Morgan fingerprint density at radius 2 is 1.68 bits per heavy atom. The molecule has 0 atom stereocenters. The lowest BCUT2D eigenvalue weighted by atomic mass is 9.53. The van der Waals surface area contributed by atoms with Gasteiger partial charge in [0.25, 0.3) is 0 Å². The van der Waals surface area contributed by atoms with E-state index in [1.165, 1.54) is 38.5 Å². The summed E-state index contributed by atoms with van der Waals surface area (Å²) in [6, 6.07) is 0. The summed E-state index contributed by atoms with van der Waals surface area (Å²) in [4.78, 5) is 11.9. The maximum Gasteiger partial charge on any atom is 0.407 e. The first kappa shape index (κ1) is 13.5. The molecule has 0 aromatic carbocycles. The highest BCUT2D eigenvalue weighted by atomic mass is 35.5. The molecule has 4 aliphatic carbocycles. The second kappa shape index (κ2) is 5.51. The zero-order valence-corrected chi connectivity index (χ0v) is 12.3. The summed E-state index contributed by atoms with van der Waals surface area (Å²) in [5.41, 5.74) is 0.0678. The summed E-state index contributed by atoms with van der Waals surface area (Å²) in [6.45, 7) is 0.491. The molecule has 0 spiro atoms. The van der Waals surface area contributed by atoms with E-state index in [-0.39, 0.29) is 11.6 Å². The Morgan fingerprint density at radius 1 is 1.11 bits per heavy atom. The smallest absolute Gasteiger partial charge is 0.407 e.